The third kappa shape index (κ3) is 4.60. The van der Waals surface area contributed by atoms with Gasteiger partial charge in [0.25, 0.3) is 0 Å². The van der Waals surface area contributed by atoms with Crippen molar-refractivity contribution in [1.29, 1.82) is 0 Å². The molecular formula is C23H22ClFN4O. The fraction of sp³-hybridized carbons (Fsp3) is 0.261. The van der Waals surface area contributed by atoms with Crippen molar-refractivity contribution in [2.45, 2.75) is 19.8 Å². The molecule has 2 heterocycles. The lowest BCUT2D eigenvalue weighted by Crippen LogP contribution is -2.38. The van der Waals surface area contributed by atoms with Crippen LogP contribution < -0.4 is 10.2 Å². The summed E-state index contributed by atoms with van der Waals surface area (Å²) in [4.78, 5) is 23.9. The fourth-order valence-corrected chi connectivity index (χ4v) is 3.82. The number of piperidine rings is 1. The lowest BCUT2D eigenvalue weighted by Gasteiger charge is -2.32. The van der Waals surface area contributed by atoms with Gasteiger partial charge in [-0.15, -0.1) is 0 Å². The molecule has 30 heavy (non-hydrogen) atoms. The number of nitrogens with zero attached hydrogens (tertiary/aromatic N) is 3. The van der Waals surface area contributed by atoms with Crippen molar-refractivity contribution in [1.82, 2.24) is 9.97 Å². The number of amides is 1. The fourth-order valence-electron chi connectivity index (χ4n) is 3.64. The molecule has 1 N–H and O–H groups in total. The quantitative estimate of drug-likeness (QED) is 0.633. The first-order valence-electron chi connectivity index (χ1n) is 9.90. The molecule has 1 aliphatic rings. The summed E-state index contributed by atoms with van der Waals surface area (Å²) in [5.74, 6) is 0.886. The average Bonchev–Trinajstić information content (AvgIpc) is 2.76. The highest BCUT2D eigenvalue weighted by Crippen LogP contribution is 2.26. The third-order valence-corrected chi connectivity index (χ3v) is 5.58. The van der Waals surface area contributed by atoms with E-state index in [0.29, 0.717) is 24.4 Å². The second kappa shape index (κ2) is 8.79. The van der Waals surface area contributed by atoms with Gasteiger partial charge in [0.2, 0.25) is 5.91 Å². The Balaban J connectivity index is 1.39. The van der Waals surface area contributed by atoms with E-state index in [2.05, 4.69) is 21.3 Å². The van der Waals surface area contributed by atoms with Gasteiger partial charge in [-0.3, -0.25) is 4.79 Å². The zero-order valence-electron chi connectivity index (χ0n) is 16.6. The molecule has 5 nitrogen and oxygen atoms in total. The molecule has 0 radical (unpaired) electrons. The maximum atomic E-state index is 13.3. The van der Waals surface area contributed by atoms with Crippen molar-refractivity contribution in [2.75, 3.05) is 23.3 Å². The topological polar surface area (TPSA) is 58.1 Å². The van der Waals surface area contributed by atoms with Crippen LogP contribution >= 0.6 is 11.6 Å². The van der Waals surface area contributed by atoms with Crippen LogP contribution in [0.2, 0.25) is 5.02 Å². The molecule has 1 aromatic heterocycles. The van der Waals surface area contributed by atoms with Crippen molar-refractivity contribution in [2.24, 2.45) is 5.92 Å². The number of halogens is 2. The molecule has 1 amide bonds. The summed E-state index contributed by atoms with van der Waals surface area (Å²) in [5, 5.41) is 2.83. The van der Waals surface area contributed by atoms with Crippen LogP contribution in [0.4, 0.5) is 15.9 Å². The van der Waals surface area contributed by atoms with Crippen molar-refractivity contribution in [3.05, 3.63) is 71.1 Å². The van der Waals surface area contributed by atoms with E-state index in [-0.39, 0.29) is 16.8 Å². The van der Waals surface area contributed by atoms with Crippen molar-refractivity contribution >= 4 is 29.0 Å². The van der Waals surface area contributed by atoms with Crippen LogP contribution in [0.15, 0.2) is 54.7 Å². The number of carbonyl (C=O) groups excluding carboxylic acids is 1. The van der Waals surface area contributed by atoms with E-state index < -0.39 is 5.82 Å². The molecule has 7 heteroatoms. The van der Waals surface area contributed by atoms with Gasteiger partial charge in [-0.25, -0.2) is 14.4 Å². The molecule has 0 aliphatic carbocycles. The van der Waals surface area contributed by atoms with Gasteiger partial charge in [-0.2, -0.15) is 0 Å². The molecule has 0 saturated carbocycles. The number of hydrogen-bond acceptors (Lipinski definition) is 4. The van der Waals surface area contributed by atoms with Crippen LogP contribution in [-0.2, 0) is 4.79 Å². The second-order valence-corrected chi connectivity index (χ2v) is 7.89. The highest BCUT2D eigenvalue weighted by Gasteiger charge is 2.26. The summed E-state index contributed by atoms with van der Waals surface area (Å²) in [6.07, 6.45) is 3.20. The molecular weight excluding hydrogens is 403 g/mol. The number of carbonyl (C=O) groups is 1. The molecule has 0 unspecified atom stereocenters. The monoisotopic (exact) mass is 424 g/mol. The highest BCUT2D eigenvalue weighted by atomic mass is 35.5. The first kappa shape index (κ1) is 20.3. The Morgan fingerprint density at radius 3 is 2.70 bits per heavy atom. The normalized spacial score (nSPS) is 14.6. The van der Waals surface area contributed by atoms with Crippen LogP contribution in [-0.4, -0.2) is 29.0 Å². The minimum atomic E-state index is -0.502. The Morgan fingerprint density at radius 1 is 1.17 bits per heavy atom. The van der Waals surface area contributed by atoms with Gasteiger partial charge in [0, 0.05) is 36.5 Å². The van der Waals surface area contributed by atoms with E-state index in [1.54, 1.807) is 6.20 Å². The first-order valence-corrected chi connectivity index (χ1v) is 10.3. The number of hydrogen-bond donors (Lipinski definition) is 1. The van der Waals surface area contributed by atoms with Crippen LogP contribution in [0.5, 0.6) is 0 Å². The molecule has 0 spiro atoms. The van der Waals surface area contributed by atoms with Crippen LogP contribution in [0.3, 0.4) is 0 Å². The summed E-state index contributed by atoms with van der Waals surface area (Å²) in [6, 6.07) is 14.2. The van der Waals surface area contributed by atoms with Gasteiger partial charge in [0.15, 0.2) is 5.82 Å². The smallest absolute Gasteiger partial charge is 0.227 e. The van der Waals surface area contributed by atoms with Gasteiger partial charge >= 0.3 is 0 Å². The van der Waals surface area contributed by atoms with Gasteiger partial charge in [0.1, 0.15) is 11.6 Å². The minimum absolute atomic E-state index is 0.00389. The zero-order chi connectivity index (χ0) is 21.1. The van der Waals surface area contributed by atoms with Crippen LogP contribution in [0.25, 0.3) is 11.4 Å². The number of rotatable bonds is 4. The van der Waals surface area contributed by atoms with Crippen molar-refractivity contribution in [3.63, 3.8) is 0 Å². The number of aryl methyl sites for hydroxylation is 1. The van der Waals surface area contributed by atoms with E-state index in [4.69, 9.17) is 16.6 Å². The number of anilines is 2. The molecule has 154 valence electrons. The molecule has 1 fully saturated rings. The zero-order valence-corrected chi connectivity index (χ0v) is 17.4. The molecule has 0 bridgehead atoms. The van der Waals surface area contributed by atoms with E-state index in [0.717, 1.165) is 30.0 Å². The van der Waals surface area contributed by atoms with Gasteiger partial charge in [-0.1, -0.05) is 35.4 Å². The highest BCUT2D eigenvalue weighted by molar-refractivity contribution is 6.31. The predicted molar refractivity (Wildman–Crippen MR) is 117 cm³/mol. The summed E-state index contributed by atoms with van der Waals surface area (Å²) < 4.78 is 13.3. The van der Waals surface area contributed by atoms with E-state index in [1.165, 1.54) is 18.2 Å². The largest absolute Gasteiger partial charge is 0.356 e. The Labute approximate surface area is 179 Å². The molecule has 0 atom stereocenters. The number of aromatic nitrogens is 2. The molecule has 2 aromatic carbocycles. The standard InChI is InChI=1S/C23H22ClFN4O/c1-15-3-2-4-17(13-15)22-26-10-7-21(28-22)29-11-8-16(9-12-29)23(30)27-18-5-6-20(25)19(24)14-18/h2-7,10,13-14,16H,8-9,11-12H2,1H3,(H,27,30). The summed E-state index contributed by atoms with van der Waals surface area (Å²) in [6.45, 7) is 3.50. The van der Waals surface area contributed by atoms with Gasteiger partial charge < -0.3 is 10.2 Å². The van der Waals surface area contributed by atoms with Crippen molar-refractivity contribution < 1.29 is 9.18 Å². The predicted octanol–water partition coefficient (Wildman–Crippen LogP) is 5.10. The van der Waals surface area contributed by atoms with Crippen LogP contribution in [0, 0.1) is 18.7 Å². The molecule has 1 saturated heterocycles. The Bertz CT molecular complexity index is 1070. The Kier molecular flexibility index (Phi) is 5.95. The Morgan fingerprint density at radius 2 is 1.97 bits per heavy atom. The SMILES string of the molecule is Cc1cccc(-c2nccc(N3CCC(C(=O)Nc4ccc(F)c(Cl)c4)CC3)n2)c1. The van der Waals surface area contributed by atoms with E-state index in [1.807, 2.05) is 31.2 Å². The minimum Gasteiger partial charge on any atom is -0.356 e. The number of benzene rings is 2. The van der Waals surface area contributed by atoms with E-state index >= 15 is 0 Å². The van der Waals surface area contributed by atoms with Crippen molar-refractivity contribution in [3.8, 4) is 11.4 Å². The third-order valence-electron chi connectivity index (χ3n) is 5.29. The summed E-state index contributed by atoms with van der Waals surface area (Å²) in [5.41, 5.74) is 2.66. The van der Waals surface area contributed by atoms with E-state index in [9.17, 15) is 9.18 Å². The maximum Gasteiger partial charge on any atom is 0.227 e. The number of nitrogens with one attached hydrogen (secondary N) is 1. The lowest BCUT2D eigenvalue weighted by atomic mass is 9.96. The van der Waals surface area contributed by atoms with Crippen LogP contribution in [0.1, 0.15) is 18.4 Å². The maximum absolute atomic E-state index is 13.3. The Hall–Kier alpha value is -2.99. The molecule has 4 rings (SSSR count). The summed E-state index contributed by atoms with van der Waals surface area (Å²) in [7, 11) is 0. The first-order chi connectivity index (χ1) is 14.5. The molecule has 1 aliphatic heterocycles. The lowest BCUT2D eigenvalue weighted by molar-refractivity contribution is -0.120. The summed E-state index contributed by atoms with van der Waals surface area (Å²) >= 11 is 5.79. The molecule has 3 aromatic rings. The second-order valence-electron chi connectivity index (χ2n) is 7.49. The average molecular weight is 425 g/mol. The van der Waals surface area contributed by atoms with Gasteiger partial charge in [0.05, 0.1) is 5.02 Å². The van der Waals surface area contributed by atoms with Gasteiger partial charge in [-0.05, 0) is 50.1 Å².